The van der Waals surface area contributed by atoms with E-state index in [-0.39, 0.29) is 12.2 Å². The van der Waals surface area contributed by atoms with Crippen LogP contribution in [0.2, 0.25) is 0 Å². The summed E-state index contributed by atoms with van der Waals surface area (Å²) >= 11 is 0. The van der Waals surface area contributed by atoms with Crippen molar-refractivity contribution in [3.63, 3.8) is 0 Å². The number of nitrogens with two attached hydrogens (primary N) is 2. The monoisotopic (exact) mass is 180 g/mol. The van der Waals surface area contributed by atoms with Crippen LogP contribution in [0.15, 0.2) is 12.4 Å². The second kappa shape index (κ2) is 3.61. The van der Waals surface area contributed by atoms with Gasteiger partial charge in [-0.05, 0) is 0 Å². The molecule has 0 saturated heterocycles. The lowest BCUT2D eigenvalue weighted by molar-refractivity contribution is -0.117. The Hall–Kier alpha value is -1.98. The number of nitrogens with zero attached hydrogens (tertiary/aromatic N) is 2. The highest BCUT2D eigenvalue weighted by Gasteiger charge is 2.11. The van der Waals surface area contributed by atoms with E-state index in [1.165, 1.54) is 12.4 Å². The molecule has 0 radical (unpaired) electrons. The highest BCUT2D eigenvalue weighted by molar-refractivity contribution is 6.04. The molecule has 1 aromatic rings. The number of nitrogen functional groups attached to an aromatic ring is 1. The minimum Gasteiger partial charge on any atom is -0.396 e. The maximum atomic E-state index is 11.1. The molecular formula is C7H8N4O2. The summed E-state index contributed by atoms with van der Waals surface area (Å²) in [5.74, 6) is -1.26. The van der Waals surface area contributed by atoms with E-state index in [0.29, 0.717) is 5.69 Å². The molecule has 0 aliphatic carbocycles. The highest BCUT2D eigenvalue weighted by Crippen LogP contribution is 1.99. The van der Waals surface area contributed by atoms with Gasteiger partial charge in [0.2, 0.25) is 11.7 Å². The van der Waals surface area contributed by atoms with Crippen LogP contribution in [0.4, 0.5) is 5.69 Å². The Morgan fingerprint density at radius 2 is 1.85 bits per heavy atom. The lowest BCUT2D eigenvalue weighted by atomic mass is 10.2. The first-order chi connectivity index (χ1) is 6.09. The molecule has 4 N–H and O–H groups in total. The number of hydrogen-bond donors (Lipinski definition) is 2. The van der Waals surface area contributed by atoms with Crippen LogP contribution in [0, 0.1) is 0 Å². The molecule has 13 heavy (non-hydrogen) atoms. The summed E-state index contributed by atoms with van der Waals surface area (Å²) in [6.45, 7) is 0. The van der Waals surface area contributed by atoms with Crippen molar-refractivity contribution in [2.24, 2.45) is 5.73 Å². The Balaban J connectivity index is 2.78. The molecule has 0 fully saturated rings. The Bertz CT molecular complexity index is 333. The number of anilines is 1. The molecule has 0 saturated carbocycles. The molecule has 1 aromatic heterocycles. The molecule has 0 aromatic carbocycles. The SMILES string of the molecule is NC(=O)CC(=O)c1ncc(N)cn1. The largest absolute Gasteiger partial charge is 0.396 e. The Kier molecular flexibility index (Phi) is 2.53. The number of ketones is 1. The van der Waals surface area contributed by atoms with Gasteiger partial charge < -0.3 is 11.5 Å². The fourth-order valence-electron chi connectivity index (χ4n) is 0.719. The number of Topliss-reactive ketones (excluding diaryl/α,β-unsaturated/α-hetero) is 1. The van der Waals surface area contributed by atoms with Crippen LogP contribution >= 0.6 is 0 Å². The second-order valence-corrected chi connectivity index (χ2v) is 2.41. The van der Waals surface area contributed by atoms with E-state index >= 15 is 0 Å². The van der Waals surface area contributed by atoms with Crippen molar-refractivity contribution in [3.8, 4) is 0 Å². The van der Waals surface area contributed by atoms with Gasteiger partial charge in [0.15, 0.2) is 5.82 Å². The summed E-state index contributed by atoms with van der Waals surface area (Å²) in [5.41, 5.74) is 10.5. The molecule has 0 atom stereocenters. The highest BCUT2D eigenvalue weighted by atomic mass is 16.2. The van der Waals surface area contributed by atoms with E-state index in [1.807, 2.05) is 0 Å². The zero-order valence-corrected chi connectivity index (χ0v) is 6.73. The fourth-order valence-corrected chi connectivity index (χ4v) is 0.719. The number of amides is 1. The molecule has 6 heteroatoms. The summed E-state index contributed by atoms with van der Waals surface area (Å²) in [4.78, 5) is 28.7. The van der Waals surface area contributed by atoms with Crippen molar-refractivity contribution < 1.29 is 9.59 Å². The molecule has 6 nitrogen and oxygen atoms in total. The first-order valence-electron chi connectivity index (χ1n) is 3.48. The van der Waals surface area contributed by atoms with E-state index in [1.54, 1.807) is 0 Å². The summed E-state index contributed by atoms with van der Waals surface area (Å²) in [6.07, 6.45) is 2.20. The quantitative estimate of drug-likeness (QED) is 0.463. The van der Waals surface area contributed by atoms with Crippen molar-refractivity contribution in [2.45, 2.75) is 6.42 Å². The van der Waals surface area contributed by atoms with Gasteiger partial charge in [0.25, 0.3) is 0 Å². The van der Waals surface area contributed by atoms with Gasteiger partial charge in [-0.15, -0.1) is 0 Å². The van der Waals surface area contributed by atoms with Gasteiger partial charge in [-0.3, -0.25) is 9.59 Å². The summed E-state index contributed by atoms with van der Waals surface area (Å²) < 4.78 is 0. The van der Waals surface area contributed by atoms with Gasteiger partial charge in [0, 0.05) is 0 Å². The number of aromatic nitrogens is 2. The first kappa shape index (κ1) is 9.11. The van der Waals surface area contributed by atoms with Gasteiger partial charge in [-0.2, -0.15) is 0 Å². The smallest absolute Gasteiger partial charge is 0.225 e. The average Bonchev–Trinajstić information content (AvgIpc) is 2.04. The first-order valence-corrected chi connectivity index (χ1v) is 3.48. The van der Waals surface area contributed by atoms with Crippen molar-refractivity contribution in [1.29, 1.82) is 0 Å². The third-order valence-corrected chi connectivity index (χ3v) is 1.26. The fraction of sp³-hybridized carbons (Fsp3) is 0.143. The topological polar surface area (TPSA) is 112 Å². The average molecular weight is 180 g/mol. The summed E-state index contributed by atoms with van der Waals surface area (Å²) in [7, 11) is 0. The van der Waals surface area contributed by atoms with Gasteiger partial charge in [-0.25, -0.2) is 9.97 Å². The molecule has 0 unspecified atom stereocenters. The van der Waals surface area contributed by atoms with Crippen LogP contribution in [0.5, 0.6) is 0 Å². The zero-order chi connectivity index (χ0) is 9.84. The summed E-state index contributed by atoms with van der Waals surface area (Å²) in [5, 5.41) is 0. The molecular weight excluding hydrogens is 172 g/mol. The molecule has 0 aliphatic heterocycles. The number of carbonyl (C=O) groups is 2. The molecule has 1 heterocycles. The van der Waals surface area contributed by atoms with Crippen molar-refractivity contribution in [3.05, 3.63) is 18.2 Å². The van der Waals surface area contributed by atoms with Gasteiger partial charge in [0.05, 0.1) is 24.5 Å². The van der Waals surface area contributed by atoms with Crippen LogP contribution in [-0.2, 0) is 4.79 Å². The second-order valence-electron chi connectivity index (χ2n) is 2.41. The van der Waals surface area contributed by atoms with Gasteiger partial charge in [-0.1, -0.05) is 0 Å². The predicted molar refractivity (Wildman–Crippen MR) is 44.6 cm³/mol. The maximum Gasteiger partial charge on any atom is 0.225 e. The van der Waals surface area contributed by atoms with E-state index in [2.05, 4.69) is 9.97 Å². The number of primary amides is 1. The molecule has 68 valence electrons. The lowest BCUT2D eigenvalue weighted by Crippen LogP contribution is -2.17. The summed E-state index contributed by atoms with van der Waals surface area (Å²) in [6, 6.07) is 0. The van der Waals surface area contributed by atoms with Crippen molar-refractivity contribution >= 4 is 17.4 Å². The Morgan fingerprint density at radius 3 is 2.31 bits per heavy atom. The van der Waals surface area contributed by atoms with E-state index in [0.717, 1.165) is 0 Å². The number of carbonyl (C=O) groups excluding carboxylic acids is 2. The van der Waals surface area contributed by atoms with Gasteiger partial charge >= 0.3 is 0 Å². The minimum absolute atomic E-state index is 0.0481. The molecule has 0 spiro atoms. The number of hydrogen-bond acceptors (Lipinski definition) is 5. The third kappa shape index (κ3) is 2.51. The normalized spacial score (nSPS) is 9.54. The Morgan fingerprint density at radius 1 is 1.31 bits per heavy atom. The zero-order valence-electron chi connectivity index (χ0n) is 6.73. The maximum absolute atomic E-state index is 11.1. The van der Waals surface area contributed by atoms with Crippen LogP contribution < -0.4 is 11.5 Å². The van der Waals surface area contributed by atoms with E-state index < -0.39 is 11.7 Å². The lowest BCUT2D eigenvalue weighted by Gasteiger charge is -1.96. The predicted octanol–water partition coefficient (Wildman–Crippen LogP) is -0.883. The third-order valence-electron chi connectivity index (χ3n) is 1.26. The molecule has 1 rings (SSSR count). The van der Waals surface area contributed by atoms with Crippen molar-refractivity contribution in [2.75, 3.05) is 5.73 Å². The van der Waals surface area contributed by atoms with Crippen LogP contribution in [0.25, 0.3) is 0 Å². The Labute approximate surface area is 74.0 Å². The van der Waals surface area contributed by atoms with Gasteiger partial charge in [0.1, 0.15) is 0 Å². The van der Waals surface area contributed by atoms with Crippen LogP contribution in [-0.4, -0.2) is 21.7 Å². The van der Waals surface area contributed by atoms with E-state index in [4.69, 9.17) is 11.5 Å². The van der Waals surface area contributed by atoms with Crippen LogP contribution in [0.1, 0.15) is 17.0 Å². The number of rotatable bonds is 3. The standard InChI is InChI=1S/C7H8N4O2/c8-4-2-10-7(11-3-4)5(12)1-6(9)13/h2-3H,1,8H2,(H2,9,13). The molecule has 0 aliphatic rings. The minimum atomic E-state index is -0.703. The molecule has 1 amide bonds. The van der Waals surface area contributed by atoms with Crippen LogP contribution in [0.3, 0.4) is 0 Å². The molecule has 0 bridgehead atoms. The van der Waals surface area contributed by atoms with E-state index in [9.17, 15) is 9.59 Å². The van der Waals surface area contributed by atoms with Crippen molar-refractivity contribution in [1.82, 2.24) is 9.97 Å².